The Bertz CT molecular complexity index is 433. The Morgan fingerprint density at radius 2 is 2.28 bits per heavy atom. The van der Waals surface area contributed by atoms with E-state index in [0.717, 1.165) is 23.8 Å². The molecule has 1 saturated carbocycles. The van der Waals surface area contributed by atoms with Crippen molar-refractivity contribution in [2.45, 2.75) is 50.7 Å². The molecule has 0 aromatic carbocycles. The summed E-state index contributed by atoms with van der Waals surface area (Å²) >= 11 is 1.27. The second kappa shape index (κ2) is 5.73. The largest absolute Gasteiger partial charge is 0.481 e. The van der Waals surface area contributed by atoms with Crippen LogP contribution in [0.3, 0.4) is 0 Å². The zero-order chi connectivity index (χ0) is 13.1. The Morgan fingerprint density at radius 1 is 1.50 bits per heavy atom. The molecule has 1 aromatic heterocycles. The van der Waals surface area contributed by atoms with E-state index in [4.69, 9.17) is 5.11 Å². The number of aryl methyl sites for hydroxylation is 1. The maximum Gasteiger partial charge on any atom is 0.313 e. The van der Waals surface area contributed by atoms with Crippen molar-refractivity contribution in [2.24, 2.45) is 5.92 Å². The van der Waals surface area contributed by atoms with E-state index in [1.807, 2.05) is 0 Å². The molecule has 0 radical (unpaired) electrons. The fourth-order valence-corrected chi connectivity index (χ4v) is 3.35. The molecule has 0 aliphatic heterocycles. The fraction of sp³-hybridized carbons (Fsp3) is 0.750. The van der Waals surface area contributed by atoms with Crippen molar-refractivity contribution in [3.8, 4) is 0 Å². The van der Waals surface area contributed by atoms with Crippen LogP contribution in [0.25, 0.3) is 0 Å². The van der Waals surface area contributed by atoms with Gasteiger partial charge in [0.15, 0.2) is 5.16 Å². The summed E-state index contributed by atoms with van der Waals surface area (Å²) < 4.78 is 2.17. The number of carbonyl (C=O) groups is 1. The van der Waals surface area contributed by atoms with Crippen molar-refractivity contribution < 1.29 is 9.90 Å². The van der Waals surface area contributed by atoms with E-state index < -0.39 is 5.97 Å². The third-order valence-electron chi connectivity index (χ3n) is 3.52. The van der Waals surface area contributed by atoms with Gasteiger partial charge in [-0.3, -0.25) is 4.79 Å². The highest BCUT2D eigenvalue weighted by atomic mass is 32.2. The van der Waals surface area contributed by atoms with Crippen molar-refractivity contribution >= 4 is 17.7 Å². The summed E-state index contributed by atoms with van der Waals surface area (Å²) in [5.41, 5.74) is 0. The molecule has 0 amide bonds. The second-order valence-electron chi connectivity index (χ2n) is 4.78. The summed E-state index contributed by atoms with van der Waals surface area (Å²) in [6.45, 7) is 4.31. The molecule has 1 heterocycles. The summed E-state index contributed by atoms with van der Waals surface area (Å²) in [5, 5.41) is 17.9. The summed E-state index contributed by atoms with van der Waals surface area (Å²) in [7, 11) is 0. The average Bonchev–Trinajstić information content (AvgIpc) is 2.91. The molecule has 1 N–H and O–H groups in total. The molecule has 6 heteroatoms. The lowest BCUT2D eigenvalue weighted by molar-refractivity contribution is -0.133. The van der Waals surface area contributed by atoms with Gasteiger partial charge in [-0.25, -0.2) is 0 Å². The zero-order valence-electron chi connectivity index (χ0n) is 10.8. The first-order valence-corrected chi connectivity index (χ1v) is 7.40. The number of nitrogens with zero attached hydrogens (tertiary/aromatic N) is 3. The molecule has 100 valence electrons. The summed E-state index contributed by atoms with van der Waals surface area (Å²) in [6.07, 6.45) is 4.45. The summed E-state index contributed by atoms with van der Waals surface area (Å²) in [6, 6.07) is 0.436. The lowest BCUT2D eigenvalue weighted by atomic mass is 10.1. The van der Waals surface area contributed by atoms with Gasteiger partial charge in [0.05, 0.1) is 5.75 Å². The third-order valence-corrected chi connectivity index (χ3v) is 4.45. The molecule has 0 spiro atoms. The number of hydrogen-bond donors (Lipinski definition) is 1. The van der Waals surface area contributed by atoms with Crippen LogP contribution in [0.5, 0.6) is 0 Å². The van der Waals surface area contributed by atoms with E-state index in [2.05, 4.69) is 28.6 Å². The molecule has 18 heavy (non-hydrogen) atoms. The maximum absolute atomic E-state index is 10.7. The van der Waals surface area contributed by atoms with Gasteiger partial charge in [-0.05, 0) is 18.8 Å². The highest BCUT2D eigenvalue weighted by Crippen LogP contribution is 2.38. The minimum atomic E-state index is -0.813. The van der Waals surface area contributed by atoms with Gasteiger partial charge in [0.2, 0.25) is 0 Å². The second-order valence-corrected chi connectivity index (χ2v) is 5.72. The molecule has 1 aliphatic rings. The minimum Gasteiger partial charge on any atom is -0.481 e. The highest BCUT2D eigenvalue weighted by Gasteiger charge is 2.29. The Kier molecular flexibility index (Phi) is 4.27. The van der Waals surface area contributed by atoms with Gasteiger partial charge < -0.3 is 9.67 Å². The average molecular weight is 269 g/mol. The summed E-state index contributed by atoms with van der Waals surface area (Å²) in [5.74, 6) is 0.826. The number of thioether (sulfide) groups is 1. The molecule has 2 atom stereocenters. The van der Waals surface area contributed by atoms with Crippen molar-refractivity contribution in [1.29, 1.82) is 0 Å². The van der Waals surface area contributed by atoms with E-state index in [1.54, 1.807) is 0 Å². The maximum atomic E-state index is 10.7. The van der Waals surface area contributed by atoms with E-state index in [0.29, 0.717) is 12.0 Å². The molecular weight excluding hydrogens is 250 g/mol. The predicted molar refractivity (Wildman–Crippen MR) is 69.8 cm³/mol. The van der Waals surface area contributed by atoms with Crippen LogP contribution < -0.4 is 0 Å². The number of rotatable bonds is 5. The quantitative estimate of drug-likeness (QED) is 0.831. The van der Waals surface area contributed by atoms with Crippen LogP contribution >= 0.6 is 11.8 Å². The van der Waals surface area contributed by atoms with Gasteiger partial charge in [0, 0.05) is 12.5 Å². The fourth-order valence-electron chi connectivity index (χ4n) is 2.62. The smallest absolute Gasteiger partial charge is 0.313 e. The van der Waals surface area contributed by atoms with Crippen molar-refractivity contribution in [3.05, 3.63) is 5.82 Å². The Labute approximate surface area is 111 Å². The van der Waals surface area contributed by atoms with Gasteiger partial charge in [-0.15, -0.1) is 10.2 Å². The van der Waals surface area contributed by atoms with Crippen LogP contribution in [-0.4, -0.2) is 31.6 Å². The van der Waals surface area contributed by atoms with Crippen molar-refractivity contribution in [3.63, 3.8) is 0 Å². The highest BCUT2D eigenvalue weighted by molar-refractivity contribution is 7.99. The van der Waals surface area contributed by atoms with Crippen LogP contribution in [-0.2, 0) is 11.2 Å². The monoisotopic (exact) mass is 269 g/mol. The molecule has 1 aliphatic carbocycles. The first-order valence-electron chi connectivity index (χ1n) is 6.41. The van der Waals surface area contributed by atoms with Crippen LogP contribution in [0.1, 0.15) is 45.0 Å². The van der Waals surface area contributed by atoms with Crippen LogP contribution in [0.2, 0.25) is 0 Å². The lowest BCUT2D eigenvalue weighted by Gasteiger charge is -2.20. The number of carboxylic acids is 1. The molecule has 2 rings (SSSR count). The normalized spacial score (nSPS) is 23.4. The minimum absolute atomic E-state index is 0.0446. The van der Waals surface area contributed by atoms with E-state index in [9.17, 15) is 4.79 Å². The van der Waals surface area contributed by atoms with Gasteiger partial charge in [0.25, 0.3) is 0 Å². The lowest BCUT2D eigenvalue weighted by Crippen LogP contribution is -2.16. The van der Waals surface area contributed by atoms with Crippen LogP contribution in [0, 0.1) is 5.92 Å². The first-order chi connectivity index (χ1) is 8.63. The summed E-state index contributed by atoms with van der Waals surface area (Å²) in [4.78, 5) is 10.7. The van der Waals surface area contributed by atoms with E-state index in [-0.39, 0.29) is 5.75 Å². The Hall–Kier alpha value is -1.04. The van der Waals surface area contributed by atoms with Crippen molar-refractivity contribution in [2.75, 3.05) is 5.75 Å². The number of hydrogen-bond acceptors (Lipinski definition) is 4. The standard InChI is InChI=1S/C12H19N3O2S/c1-3-10-13-14-12(18-7-11(16)17)15(10)9-6-4-5-8(9)2/h8-9H,3-7H2,1-2H3,(H,16,17). The Morgan fingerprint density at radius 3 is 2.83 bits per heavy atom. The Balaban J connectivity index is 2.24. The van der Waals surface area contributed by atoms with Gasteiger partial charge >= 0.3 is 5.97 Å². The zero-order valence-corrected chi connectivity index (χ0v) is 11.6. The molecule has 0 saturated heterocycles. The molecule has 1 aromatic rings. The van der Waals surface area contributed by atoms with Gasteiger partial charge in [-0.1, -0.05) is 32.0 Å². The predicted octanol–water partition coefficient (Wildman–Crippen LogP) is 2.38. The molecule has 0 bridgehead atoms. The molecular formula is C12H19N3O2S. The number of aliphatic carboxylic acids is 1. The van der Waals surface area contributed by atoms with Crippen LogP contribution in [0.15, 0.2) is 5.16 Å². The third kappa shape index (κ3) is 2.68. The molecule has 5 nitrogen and oxygen atoms in total. The van der Waals surface area contributed by atoms with E-state index in [1.165, 1.54) is 24.6 Å². The van der Waals surface area contributed by atoms with Crippen LogP contribution in [0.4, 0.5) is 0 Å². The SMILES string of the molecule is CCc1nnc(SCC(=O)O)n1C1CCCC1C. The molecule has 2 unspecified atom stereocenters. The number of carboxylic acid groups (broad SMARTS) is 1. The molecule has 1 fully saturated rings. The van der Waals surface area contributed by atoms with Gasteiger partial charge in [-0.2, -0.15) is 0 Å². The first kappa shape index (κ1) is 13.4. The van der Waals surface area contributed by atoms with Crippen molar-refractivity contribution in [1.82, 2.24) is 14.8 Å². The number of aromatic nitrogens is 3. The van der Waals surface area contributed by atoms with Gasteiger partial charge in [0.1, 0.15) is 5.82 Å². The topological polar surface area (TPSA) is 68.0 Å². The van der Waals surface area contributed by atoms with E-state index >= 15 is 0 Å².